The topological polar surface area (TPSA) is 84.9 Å². The molecular formula is C37H54N2O5S. The van der Waals surface area contributed by atoms with Crippen molar-refractivity contribution in [1.82, 2.24) is 10.2 Å². The lowest BCUT2D eigenvalue weighted by molar-refractivity contribution is -0.155. The van der Waals surface area contributed by atoms with Crippen LogP contribution in [0.1, 0.15) is 139 Å². The van der Waals surface area contributed by atoms with Gasteiger partial charge in [-0.25, -0.2) is 0 Å². The van der Waals surface area contributed by atoms with E-state index in [1.807, 2.05) is 23.1 Å². The number of amides is 1. The molecule has 0 aliphatic carbocycles. The average molecular weight is 639 g/mol. The molecule has 45 heavy (non-hydrogen) atoms. The number of esters is 2. The SMILES string of the molecule is C[C@@H]1N[C@@H]2CCCCCCCC(=O)O[C@H]3CC[C@@H](CCCCCCCC(=O)O[C@H]1CC2)N(C(=O)c1cc2ccccc2s1)[C@H]3C. The van der Waals surface area contributed by atoms with Gasteiger partial charge in [-0.15, -0.1) is 11.3 Å². The average Bonchev–Trinajstić information content (AvgIpc) is 3.46. The number of benzene rings is 1. The van der Waals surface area contributed by atoms with Gasteiger partial charge in [0.1, 0.15) is 12.2 Å². The van der Waals surface area contributed by atoms with Gasteiger partial charge in [-0.2, -0.15) is 0 Å². The third kappa shape index (κ3) is 9.54. The van der Waals surface area contributed by atoms with Gasteiger partial charge in [-0.05, 0) is 82.7 Å². The maximum Gasteiger partial charge on any atom is 0.306 e. The third-order valence-electron chi connectivity index (χ3n) is 10.3. The molecule has 0 radical (unpaired) electrons. The highest BCUT2D eigenvalue weighted by Crippen LogP contribution is 2.34. The Bertz CT molecular complexity index is 1230. The van der Waals surface area contributed by atoms with Crippen molar-refractivity contribution in [2.75, 3.05) is 0 Å². The zero-order chi connectivity index (χ0) is 31.6. The number of ether oxygens (including phenoxy) is 2. The molecule has 6 fully saturated rings. The van der Waals surface area contributed by atoms with Crippen molar-refractivity contribution in [1.29, 1.82) is 0 Å². The minimum absolute atomic E-state index is 0.0252. The van der Waals surface area contributed by atoms with Gasteiger partial charge in [0.25, 0.3) is 5.91 Å². The molecule has 7 heterocycles. The van der Waals surface area contributed by atoms with E-state index >= 15 is 0 Å². The number of carbonyl (C=O) groups is 3. The van der Waals surface area contributed by atoms with Gasteiger partial charge < -0.3 is 19.7 Å². The van der Waals surface area contributed by atoms with E-state index in [2.05, 4.69) is 31.3 Å². The molecule has 0 unspecified atom stereocenters. The second kappa shape index (κ2) is 16.9. The van der Waals surface area contributed by atoms with Gasteiger partial charge in [0.2, 0.25) is 0 Å². The number of rotatable bonds is 1. The van der Waals surface area contributed by atoms with Crippen molar-refractivity contribution in [2.45, 2.75) is 166 Å². The fourth-order valence-corrected chi connectivity index (χ4v) is 8.65. The first-order valence-corrected chi connectivity index (χ1v) is 18.7. The number of fused-ring (bicyclic) bond motifs is 1. The first-order valence-electron chi connectivity index (χ1n) is 17.9. The molecule has 8 rings (SSSR count). The Labute approximate surface area is 273 Å². The summed E-state index contributed by atoms with van der Waals surface area (Å²) in [6, 6.07) is 10.8. The van der Waals surface area contributed by atoms with Gasteiger partial charge in [0.05, 0.1) is 10.9 Å². The quantitative estimate of drug-likeness (QED) is 0.316. The third-order valence-corrected chi connectivity index (χ3v) is 11.4. The van der Waals surface area contributed by atoms with Crippen molar-refractivity contribution in [3.63, 3.8) is 0 Å². The molecule has 0 saturated carbocycles. The van der Waals surface area contributed by atoms with E-state index in [4.69, 9.17) is 9.47 Å². The van der Waals surface area contributed by atoms with Crippen molar-refractivity contribution in [3.05, 3.63) is 35.2 Å². The molecule has 1 aromatic heterocycles. The molecule has 1 aromatic carbocycles. The lowest BCUT2D eigenvalue weighted by Crippen LogP contribution is -2.55. The molecule has 8 heteroatoms. The Hall–Kier alpha value is -2.45. The Kier molecular flexibility index (Phi) is 12.7. The summed E-state index contributed by atoms with van der Waals surface area (Å²) < 4.78 is 13.1. The smallest absolute Gasteiger partial charge is 0.306 e. The fraction of sp³-hybridized carbons (Fsp3) is 0.703. The Balaban J connectivity index is 1.21. The molecule has 6 aliphatic rings. The van der Waals surface area contributed by atoms with Gasteiger partial charge in [-0.3, -0.25) is 14.4 Å². The molecule has 6 aliphatic heterocycles. The summed E-state index contributed by atoms with van der Waals surface area (Å²) in [6.07, 6.45) is 16.8. The van der Waals surface area contributed by atoms with Gasteiger partial charge in [-0.1, -0.05) is 69.6 Å². The normalized spacial score (nSPS) is 30.6. The highest BCUT2D eigenvalue weighted by molar-refractivity contribution is 7.20. The van der Waals surface area contributed by atoms with Gasteiger partial charge in [0, 0.05) is 35.7 Å². The van der Waals surface area contributed by atoms with E-state index in [9.17, 15) is 14.4 Å². The van der Waals surface area contributed by atoms with Crippen molar-refractivity contribution in [2.24, 2.45) is 0 Å². The molecule has 248 valence electrons. The molecule has 6 saturated heterocycles. The van der Waals surface area contributed by atoms with Crippen molar-refractivity contribution < 1.29 is 23.9 Å². The number of nitrogens with one attached hydrogen (secondary N) is 1. The molecule has 6 atom stereocenters. The van der Waals surface area contributed by atoms with Crippen LogP contribution in [0.5, 0.6) is 0 Å². The summed E-state index contributed by atoms with van der Waals surface area (Å²) in [4.78, 5) is 42.3. The highest BCUT2D eigenvalue weighted by atomic mass is 32.1. The van der Waals surface area contributed by atoms with Gasteiger partial charge in [0.15, 0.2) is 0 Å². The Morgan fingerprint density at radius 1 is 0.756 bits per heavy atom. The minimum atomic E-state index is -0.268. The van der Waals surface area contributed by atoms with Crippen molar-refractivity contribution in [3.8, 4) is 0 Å². The first kappa shape index (κ1) is 33.9. The molecule has 0 spiro atoms. The summed E-state index contributed by atoms with van der Waals surface area (Å²) in [6.45, 7) is 4.20. The Morgan fingerprint density at radius 2 is 1.38 bits per heavy atom. The summed E-state index contributed by atoms with van der Waals surface area (Å²) in [7, 11) is 0. The fourth-order valence-electron chi connectivity index (χ4n) is 7.65. The van der Waals surface area contributed by atoms with Crippen LogP contribution < -0.4 is 5.32 Å². The number of hydrogen-bond donors (Lipinski definition) is 1. The summed E-state index contributed by atoms with van der Waals surface area (Å²) >= 11 is 1.55. The van der Waals surface area contributed by atoms with E-state index < -0.39 is 0 Å². The predicted octanol–water partition coefficient (Wildman–Crippen LogP) is 8.33. The van der Waals surface area contributed by atoms with Crippen LogP contribution in [-0.2, 0) is 19.1 Å². The zero-order valence-corrected chi connectivity index (χ0v) is 28.3. The van der Waals surface area contributed by atoms with Crippen LogP contribution in [0.3, 0.4) is 0 Å². The maximum absolute atomic E-state index is 14.1. The highest BCUT2D eigenvalue weighted by Gasteiger charge is 2.40. The number of thiophene rings is 1. The van der Waals surface area contributed by atoms with E-state index in [-0.39, 0.29) is 48.2 Å². The molecular weight excluding hydrogens is 584 g/mol. The number of piperidine rings is 2. The van der Waals surface area contributed by atoms with E-state index in [0.29, 0.717) is 18.9 Å². The van der Waals surface area contributed by atoms with Crippen LogP contribution in [0.4, 0.5) is 0 Å². The van der Waals surface area contributed by atoms with E-state index in [0.717, 1.165) is 111 Å². The summed E-state index contributed by atoms with van der Waals surface area (Å²) in [5.41, 5.74) is 0. The second-order valence-electron chi connectivity index (χ2n) is 13.7. The van der Waals surface area contributed by atoms with Crippen molar-refractivity contribution >= 4 is 39.3 Å². The Morgan fingerprint density at radius 3 is 2.09 bits per heavy atom. The summed E-state index contributed by atoms with van der Waals surface area (Å²) in [5.74, 6) is -0.133. The zero-order valence-electron chi connectivity index (χ0n) is 27.5. The standard InChI is InChI=1S/C37H54N2O5S/c1-26-31-23-21-29(38-26)16-9-5-3-7-12-20-36(41)44-32-24-22-30(17-10-6-4-8-11-19-35(40)43-31)39(27(32)2)37(42)34-25-28-15-13-14-18-33(28)45-34/h13-15,18,25-27,29-32,38H,3-12,16-17,19-24H2,1-2H3/t26-,27-,29+,30+,31-,32-/m0/s1. The second-order valence-corrected chi connectivity index (χ2v) is 14.8. The molecule has 7 nitrogen and oxygen atoms in total. The van der Waals surface area contributed by atoms with Gasteiger partial charge >= 0.3 is 11.9 Å². The molecule has 1 amide bonds. The van der Waals surface area contributed by atoms with Crippen LogP contribution in [0.2, 0.25) is 0 Å². The number of nitrogens with zero attached hydrogens (tertiary/aromatic N) is 1. The molecule has 1 N–H and O–H groups in total. The summed E-state index contributed by atoms with van der Waals surface area (Å²) in [5, 5.41) is 4.78. The number of hydrogen-bond acceptors (Lipinski definition) is 7. The van der Waals surface area contributed by atoms with Crippen LogP contribution in [0.25, 0.3) is 10.1 Å². The predicted molar refractivity (Wildman–Crippen MR) is 180 cm³/mol. The van der Waals surface area contributed by atoms with Crippen LogP contribution in [0, 0.1) is 0 Å². The molecule has 2 aromatic rings. The van der Waals surface area contributed by atoms with Crippen LogP contribution >= 0.6 is 11.3 Å². The lowest BCUT2D eigenvalue weighted by atomic mass is 9.90. The van der Waals surface area contributed by atoms with E-state index in [1.54, 1.807) is 11.3 Å². The molecule has 4 bridgehead atoms. The van der Waals surface area contributed by atoms with E-state index in [1.165, 1.54) is 6.42 Å². The first-order chi connectivity index (χ1) is 21.9. The number of carbonyl (C=O) groups excluding carboxylic acids is 3. The monoisotopic (exact) mass is 638 g/mol. The maximum atomic E-state index is 14.1. The largest absolute Gasteiger partial charge is 0.461 e. The lowest BCUT2D eigenvalue weighted by Gasteiger charge is -2.44. The minimum Gasteiger partial charge on any atom is -0.461 e. The van der Waals surface area contributed by atoms with Crippen LogP contribution in [0.15, 0.2) is 30.3 Å². The van der Waals surface area contributed by atoms with Crippen LogP contribution in [-0.4, -0.2) is 59.1 Å².